The van der Waals surface area contributed by atoms with Gasteiger partial charge in [0, 0.05) is 5.38 Å². The first kappa shape index (κ1) is 19.2. The van der Waals surface area contributed by atoms with E-state index in [4.69, 9.17) is 4.74 Å². The van der Waals surface area contributed by atoms with Crippen LogP contribution in [0.3, 0.4) is 0 Å². The van der Waals surface area contributed by atoms with Gasteiger partial charge in [0.25, 0.3) is 0 Å². The fraction of sp³-hybridized carbons (Fsp3) is 0.667. The zero-order chi connectivity index (χ0) is 14.9. The van der Waals surface area contributed by atoms with Gasteiger partial charge in [0.2, 0.25) is 0 Å². The summed E-state index contributed by atoms with van der Waals surface area (Å²) in [7, 11) is 0. The fourth-order valence-electron chi connectivity index (χ4n) is 2.11. The SMILES string of the molecule is C=C.CCCCCCCCCCCCOc1ccsc1. The van der Waals surface area contributed by atoms with Crippen LogP contribution in [0.1, 0.15) is 71.1 Å². The smallest absolute Gasteiger partial charge is 0.129 e. The molecule has 0 N–H and O–H groups in total. The van der Waals surface area contributed by atoms with E-state index in [1.165, 1.54) is 64.2 Å². The molecule has 1 heterocycles. The normalized spacial score (nSPS) is 9.85. The maximum Gasteiger partial charge on any atom is 0.129 e. The van der Waals surface area contributed by atoms with Crippen molar-refractivity contribution >= 4 is 11.3 Å². The predicted molar refractivity (Wildman–Crippen MR) is 92.9 cm³/mol. The van der Waals surface area contributed by atoms with Gasteiger partial charge in [0.15, 0.2) is 0 Å². The van der Waals surface area contributed by atoms with Gasteiger partial charge >= 0.3 is 0 Å². The average molecular weight is 297 g/mol. The van der Waals surface area contributed by atoms with Gasteiger partial charge in [-0.05, 0) is 17.9 Å². The van der Waals surface area contributed by atoms with Gasteiger partial charge in [-0.3, -0.25) is 0 Å². The number of hydrogen-bond donors (Lipinski definition) is 0. The summed E-state index contributed by atoms with van der Waals surface area (Å²) in [6.07, 6.45) is 13.8. The molecule has 0 amide bonds. The second-order valence-corrected chi connectivity index (χ2v) is 5.77. The molecule has 2 heteroatoms. The third kappa shape index (κ3) is 12.3. The maximum atomic E-state index is 5.63. The molecule has 0 bridgehead atoms. The molecular weight excluding hydrogens is 264 g/mol. The monoisotopic (exact) mass is 296 g/mol. The van der Waals surface area contributed by atoms with Crippen LogP contribution < -0.4 is 4.74 Å². The van der Waals surface area contributed by atoms with E-state index < -0.39 is 0 Å². The van der Waals surface area contributed by atoms with Crippen LogP contribution in [0.4, 0.5) is 0 Å². The van der Waals surface area contributed by atoms with Crippen molar-refractivity contribution < 1.29 is 4.74 Å². The minimum atomic E-state index is 0.882. The van der Waals surface area contributed by atoms with E-state index >= 15 is 0 Å². The molecule has 116 valence electrons. The molecule has 0 aliphatic carbocycles. The molecule has 0 saturated heterocycles. The highest BCUT2D eigenvalue weighted by atomic mass is 32.1. The van der Waals surface area contributed by atoms with Crippen molar-refractivity contribution in [3.05, 3.63) is 30.0 Å². The Bertz CT molecular complexity index is 269. The Balaban J connectivity index is 0.00000172. The molecule has 1 nitrogen and oxygen atoms in total. The Morgan fingerprint density at radius 1 is 0.900 bits per heavy atom. The largest absolute Gasteiger partial charge is 0.493 e. The van der Waals surface area contributed by atoms with E-state index in [0.717, 1.165) is 12.4 Å². The van der Waals surface area contributed by atoms with Crippen LogP contribution >= 0.6 is 11.3 Å². The van der Waals surface area contributed by atoms with Crippen molar-refractivity contribution in [2.24, 2.45) is 0 Å². The second-order valence-electron chi connectivity index (χ2n) is 4.99. The van der Waals surface area contributed by atoms with E-state index in [0.29, 0.717) is 0 Å². The van der Waals surface area contributed by atoms with E-state index in [9.17, 15) is 0 Å². The average Bonchev–Trinajstić information content (AvgIpc) is 3.00. The van der Waals surface area contributed by atoms with Crippen LogP contribution in [0.2, 0.25) is 0 Å². The van der Waals surface area contributed by atoms with Crippen molar-refractivity contribution in [1.29, 1.82) is 0 Å². The Hall–Kier alpha value is -0.760. The van der Waals surface area contributed by atoms with Crippen molar-refractivity contribution in [2.75, 3.05) is 6.61 Å². The molecule has 1 aromatic heterocycles. The molecular formula is C18H32OS. The summed E-state index contributed by atoms with van der Waals surface area (Å²) in [6.45, 7) is 9.16. The first-order valence-corrected chi connectivity index (χ1v) is 9.02. The molecule has 0 saturated carbocycles. The van der Waals surface area contributed by atoms with Crippen LogP contribution in [-0.2, 0) is 0 Å². The van der Waals surface area contributed by atoms with Gasteiger partial charge in [-0.15, -0.1) is 24.5 Å². The van der Waals surface area contributed by atoms with Crippen LogP contribution in [0.5, 0.6) is 5.75 Å². The lowest BCUT2D eigenvalue weighted by Gasteiger charge is -2.04. The molecule has 0 aliphatic rings. The van der Waals surface area contributed by atoms with Crippen LogP contribution in [0.15, 0.2) is 30.0 Å². The first-order chi connectivity index (χ1) is 9.93. The minimum absolute atomic E-state index is 0.882. The Kier molecular flexibility index (Phi) is 15.7. The van der Waals surface area contributed by atoms with Crippen molar-refractivity contribution in [2.45, 2.75) is 71.1 Å². The molecule has 20 heavy (non-hydrogen) atoms. The summed E-state index contributed by atoms with van der Waals surface area (Å²) in [5.74, 6) is 1.04. The van der Waals surface area contributed by atoms with Gasteiger partial charge < -0.3 is 4.74 Å². The molecule has 0 fully saturated rings. The first-order valence-electron chi connectivity index (χ1n) is 8.08. The molecule has 0 atom stereocenters. The number of hydrogen-bond acceptors (Lipinski definition) is 2. The Labute approximate surface area is 130 Å². The highest BCUT2D eigenvalue weighted by Gasteiger charge is 1.94. The molecule has 0 aliphatic heterocycles. The lowest BCUT2D eigenvalue weighted by atomic mass is 10.1. The van der Waals surface area contributed by atoms with Crippen molar-refractivity contribution in [3.8, 4) is 5.75 Å². The lowest BCUT2D eigenvalue weighted by molar-refractivity contribution is 0.305. The molecule has 0 radical (unpaired) electrons. The standard InChI is InChI=1S/C16H28OS.C2H4/c1-2-3-4-5-6-7-8-9-10-11-13-17-16-12-14-18-15-16;1-2/h12,14-15H,2-11,13H2,1H3;1-2H2. The number of rotatable bonds is 12. The number of unbranched alkanes of at least 4 members (excludes halogenated alkanes) is 9. The predicted octanol–water partition coefficient (Wildman–Crippen LogP) is 6.85. The highest BCUT2D eigenvalue weighted by Crippen LogP contribution is 2.15. The van der Waals surface area contributed by atoms with Gasteiger partial charge in [0.05, 0.1) is 6.61 Å². The zero-order valence-corrected chi connectivity index (χ0v) is 14.1. The highest BCUT2D eigenvalue weighted by molar-refractivity contribution is 7.08. The quantitative estimate of drug-likeness (QED) is 0.303. The van der Waals surface area contributed by atoms with E-state index in [1.807, 2.05) is 6.07 Å². The number of ether oxygens (including phenoxy) is 1. The summed E-state index contributed by atoms with van der Waals surface area (Å²) < 4.78 is 5.63. The number of thiophene rings is 1. The summed E-state index contributed by atoms with van der Waals surface area (Å²) in [4.78, 5) is 0. The topological polar surface area (TPSA) is 9.23 Å². The van der Waals surface area contributed by atoms with Crippen LogP contribution in [0.25, 0.3) is 0 Å². The summed E-state index contributed by atoms with van der Waals surface area (Å²) in [5, 5.41) is 4.13. The van der Waals surface area contributed by atoms with E-state index in [-0.39, 0.29) is 0 Å². The van der Waals surface area contributed by atoms with Crippen LogP contribution in [-0.4, -0.2) is 6.61 Å². The summed E-state index contributed by atoms with van der Waals surface area (Å²) >= 11 is 1.70. The Morgan fingerprint density at radius 3 is 1.95 bits per heavy atom. The van der Waals surface area contributed by atoms with Gasteiger partial charge in [0.1, 0.15) is 5.75 Å². The van der Waals surface area contributed by atoms with Gasteiger partial charge in [-0.1, -0.05) is 64.7 Å². The molecule has 1 rings (SSSR count). The molecule has 1 aromatic rings. The minimum Gasteiger partial charge on any atom is -0.493 e. The Morgan fingerprint density at radius 2 is 1.45 bits per heavy atom. The van der Waals surface area contributed by atoms with Crippen molar-refractivity contribution in [3.63, 3.8) is 0 Å². The summed E-state index contributed by atoms with van der Waals surface area (Å²) in [5.41, 5.74) is 0. The maximum absolute atomic E-state index is 5.63. The van der Waals surface area contributed by atoms with Crippen LogP contribution in [0, 0.1) is 0 Å². The third-order valence-electron chi connectivity index (χ3n) is 3.26. The van der Waals surface area contributed by atoms with Gasteiger partial charge in [-0.25, -0.2) is 0 Å². The second kappa shape index (κ2) is 16.3. The lowest BCUT2D eigenvalue weighted by Crippen LogP contribution is -1.95. The molecule has 0 aromatic carbocycles. The van der Waals surface area contributed by atoms with E-state index in [2.05, 4.69) is 30.8 Å². The molecule has 0 spiro atoms. The molecule has 0 unspecified atom stereocenters. The summed E-state index contributed by atoms with van der Waals surface area (Å²) in [6, 6.07) is 2.04. The van der Waals surface area contributed by atoms with Crippen molar-refractivity contribution in [1.82, 2.24) is 0 Å². The fourth-order valence-corrected chi connectivity index (χ4v) is 2.69. The third-order valence-corrected chi connectivity index (χ3v) is 3.92. The van der Waals surface area contributed by atoms with E-state index in [1.54, 1.807) is 11.3 Å². The van der Waals surface area contributed by atoms with Gasteiger partial charge in [-0.2, -0.15) is 0 Å². The zero-order valence-electron chi connectivity index (χ0n) is 13.2.